The Morgan fingerprint density at radius 2 is 1.71 bits per heavy atom. The minimum absolute atomic E-state index is 0.130. The van der Waals surface area contributed by atoms with Crippen LogP contribution in [0.25, 0.3) is 0 Å². The summed E-state index contributed by atoms with van der Waals surface area (Å²) in [6, 6.07) is 3.68. The van der Waals surface area contributed by atoms with Gasteiger partial charge in [0.25, 0.3) is 5.92 Å². The van der Waals surface area contributed by atoms with Gasteiger partial charge in [-0.05, 0) is 92.3 Å². The first-order valence-corrected chi connectivity index (χ1v) is 13.6. The number of fused-ring (bicyclic) bond motifs is 1. The van der Waals surface area contributed by atoms with Crippen molar-refractivity contribution in [3.05, 3.63) is 23.4 Å². The normalized spacial score (nSPS) is 18.5. The molecule has 0 spiro atoms. The number of ether oxygens (including phenoxy) is 2. The number of hydrogen-bond acceptors (Lipinski definition) is 6. The van der Waals surface area contributed by atoms with E-state index < -0.39 is 29.3 Å². The second kappa shape index (κ2) is 11.7. The van der Waals surface area contributed by atoms with Gasteiger partial charge in [-0.15, -0.1) is 0 Å². The van der Waals surface area contributed by atoms with Gasteiger partial charge < -0.3 is 14.4 Å². The van der Waals surface area contributed by atoms with E-state index in [2.05, 4.69) is 4.98 Å². The van der Waals surface area contributed by atoms with E-state index in [1.807, 2.05) is 53.7 Å². The fourth-order valence-electron chi connectivity index (χ4n) is 4.81. The zero-order valence-electron chi connectivity index (χ0n) is 24.0. The molecule has 10 heteroatoms. The third-order valence-electron chi connectivity index (χ3n) is 6.61. The fourth-order valence-corrected chi connectivity index (χ4v) is 4.81. The second-order valence-electron chi connectivity index (χ2n) is 12.5. The number of carbonyl (C=O) groups excluding carboxylic acids is 2. The molecule has 0 unspecified atom stereocenters. The van der Waals surface area contributed by atoms with Gasteiger partial charge in [-0.25, -0.2) is 23.4 Å². The minimum atomic E-state index is -2.87. The summed E-state index contributed by atoms with van der Waals surface area (Å²) in [6.45, 7) is 11.9. The average Bonchev–Trinajstić information content (AvgIpc) is 3.27. The lowest BCUT2D eigenvalue weighted by Crippen LogP contribution is -2.43. The number of likely N-dealkylation sites (N-methyl/N-ethyl adjacent to an activating group) is 1. The van der Waals surface area contributed by atoms with Crippen LogP contribution in [-0.2, 0) is 22.3 Å². The van der Waals surface area contributed by atoms with Crippen LogP contribution in [0, 0.1) is 0 Å². The molecule has 3 rings (SSSR count). The summed E-state index contributed by atoms with van der Waals surface area (Å²) in [7, 11) is 1.69. The van der Waals surface area contributed by atoms with Crippen molar-refractivity contribution in [1.82, 2.24) is 14.8 Å². The summed E-state index contributed by atoms with van der Waals surface area (Å²) in [6.07, 6.45) is 1.84. The van der Waals surface area contributed by atoms with Crippen molar-refractivity contribution in [1.29, 1.82) is 0 Å². The Bertz CT molecular complexity index is 990. The maximum atomic E-state index is 14.9. The SMILES string of the molecule is CN(CC(F)(F)CCCc1ccc2c(n1)N(C(=O)OC(C)(C)C)CCC2)[C@@H]1CCN(C(=O)OC(C)(C)C)C1. The molecule has 38 heavy (non-hydrogen) atoms. The quantitative estimate of drug-likeness (QED) is 0.445. The van der Waals surface area contributed by atoms with Crippen LogP contribution in [0.2, 0.25) is 0 Å². The lowest BCUT2D eigenvalue weighted by molar-refractivity contribution is -0.0428. The average molecular weight is 539 g/mol. The standard InChI is InChI=1S/C28H44F2N4O4/c1-26(2,3)37-24(35)33-17-14-22(18-33)32(7)19-28(29,30)15-8-11-21-13-12-20-10-9-16-34(23(20)31-21)25(36)38-27(4,5)6/h12-13,22H,8-11,14-19H2,1-7H3/t22-/m1/s1. The van der Waals surface area contributed by atoms with Crippen LogP contribution in [0.4, 0.5) is 24.2 Å². The molecule has 0 radical (unpaired) electrons. The Morgan fingerprint density at radius 3 is 2.37 bits per heavy atom. The van der Waals surface area contributed by atoms with Gasteiger partial charge in [0, 0.05) is 37.8 Å². The zero-order chi connectivity index (χ0) is 28.3. The number of likely N-dealkylation sites (tertiary alicyclic amines) is 1. The van der Waals surface area contributed by atoms with Gasteiger partial charge in [0.15, 0.2) is 0 Å². The molecule has 0 aromatic carbocycles. The van der Waals surface area contributed by atoms with Gasteiger partial charge in [-0.1, -0.05) is 6.07 Å². The largest absolute Gasteiger partial charge is 0.444 e. The summed E-state index contributed by atoms with van der Waals surface area (Å²) in [5, 5.41) is 0. The highest BCUT2D eigenvalue weighted by Gasteiger charge is 2.37. The number of alkyl halides is 2. The number of amides is 2. The van der Waals surface area contributed by atoms with Gasteiger partial charge >= 0.3 is 12.2 Å². The second-order valence-corrected chi connectivity index (χ2v) is 12.5. The predicted octanol–water partition coefficient (Wildman–Crippen LogP) is 5.67. The van der Waals surface area contributed by atoms with Crippen molar-refractivity contribution < 1.29 is 27.8 Å². The van der Waals surface area contributed by atoms with Gasteiger partial charge in [0.2, 0.25) is 0 Å². The molecule has 0 saturated carbocycles. The fraction of sp³-hybridized carbons (Fsp3) is 0.750. The van der Waals surface area contributed by atoms with E-state index >= 15 is 0 Å². The van der Waals surface area contributed by atoms with Crippen LogP contribution in [0.3, 0.4) is 0 Å². The highest BCUT2D eigenvalue weighted by atomic mass is 19.3. The number of hydrogen-bond donors (Lipinski definition) is 0. The highest BCUT2D eigenvalue weighted by Crippen LogP contribution is 2.29. The van der Waals surface area contributed by atoms with E-state index in [0.717, 1.165) is 18.4 Å². The Labute approximate surface area is 225 Å². The summed E-state index contributed by atoms with van der Waals surface area (Å²) < 4.78 is 40.7. The van der Waals surface area contributed by atoms with E-state index in [0.29, 0.717) is 44.0 Å². The number of aryl methyl sites for hydroxylation is 2. The molecule has 214 valence electrons. The number of halogens is 2. The van der Waals surface area contributed by atoms with E-state index in [4.69, 9.17) is 9.47 Å². The highest BCUT2D eigenvalue weighted by molar-refractivity contribution is 5.88. The molecule has 0 aliphatic carbocycles. The van der Waals surface area contributed by atoms with Crippen LogP contribution < -0.4 is 4.90 Å². The number of anilines is 1. The maximum absolute atomic E-state index is 14.9. The predicted molar refractivity (Wildman–Crippen MR) is 143 cm³/mol. The van der Waals surface area contributed by atoms with Crippen LogP contribution in [-0.4, -0.2) is 83.4 Å². The summed E-state index contributed by atoms with van der Waals surface area (Å²) in [5.41, 5.74) is 0.453. The first kappa shape index (κ1) is 30.1. The lowest BCUT2D eigenvalue weighted by atomic mass is 10.0. The number of carbonyl (C=O) groups is 2. The van der Waals surface area contributed by atoms with Crippen LogP contribution in [0.15, 0.2) is 12.1 Å². The van der Waals surface area contributed by atoms with Crippen LogP contribution in [0.5, 0.6) is 0 Å². The summed E-state index contributed by atoms with van der Waals surface area (Å²) in [5.74, 6) is -2.30. The summed E-state index contributed by atoms with van der Waals surface area (Å²) >= 11 is 0. The minimum Gasteiger partial charge on any atom is -0.444 e. The van der Waals surface area contributed by atoms with Crippen molar-refractivity contribution in [2.24, 2.45) is 0 Å². The molecule has 0 N–H and O–H groups in total. The van der Waals surface area contributed by atoms with Gasteiger partial charge in [-0.2, -0.15) is 0 Å². The van der Waals surface area contributed by atoms with E-state index in [1.165, 1.54) is 0 Å². The van der Waals surface area contributed by atoms with Crippen molar-refractivity contribution >= 4 is 18.0 Å². The molecule has 2 aliphatic rings. The lowest BCUT2D eigenvalue weighted by Gasteiger charge is -2.31. The maximum Gasteiger partial charge on any atom is 0.416 e. The van der Waals surface area contributed by atoms with Gasteiger partial charge in [0.1, 0.15) is 17.0 Å². The molecule has 1 atom stereocenters. The smallest absolute Gasteiger partial charge is 0.416 e. The topological polar surface area (TPSA) is 75.2 Å². The Balaban J connectivity index is 1.51. The number of rotatable bonds is 7. The van der Waals surface area contributed by atoms with Crippen molar-refractivity contribution in [3.63, 3.8) is 0 Å². The van der Waals surface area contributed by atoms with E-state index in [9.17, 15) is 18.4 Å². The summed E-state index contributed by atoms with van der Waals surface area (Å²) in [4.78, 5) is 34.5. The number of nitrogens with zero attached hydrogens (tertiary/aromatic N) is 4. The first-order chi connectivity index (χ1) is 17.5. The molecule has 0 bridgehead atoms. The zero-order valence-corrected chi connectivity index (χ0v) is 24.0. The van der Waals surface area contributed by atoms with E-state index in [-0.39, 0.29) is 25.4 Å². The molecular formula is C28H44F2N4O4. The molecule has 8 nitrogen and oxygen atoms in total. The molecule has 3 heterocycles. The third kappa shape index (κ3) is 8.78. The molecule has 2 aliphatic heterocycles. The van der Waals surface area contributed by atoms with Gasteiger partial charge in [0.05, 0.1) is 6.54 Å². The molecule has 2 amide bonds. The Kier molecular flexibility index (Phi) is 9.27. The van der Waals surface area contributed by atoms with Crippen molar-refractivity contribution in [2.45, 2.75) is 103 Å². The number of aromatic nitrogens is 1. The Morgan fingerprint density at radius 1 is 1.05 bits per heavy atom. The molecular weight excluding hydrogens is 494 g/mol. The van der Waals surface area contributed by atoms with Crippen LogP contribution >= 0.6 is 0 Å². The van der Waals surface area contributed by atoms with Crippen LogP contribution in [0.1, 0.15) is 78.5 Å². The molecule has 1 fully saturated rings. The third-order valence-corrected chi connectivity index (χ3v) is 6.61. The molecule has 1 aromatic rings. The number of pyridine rings is 1. The first-order valence-electron chi connectivity index (χ1n) is 13.6. The molecule has 1 saturated heterocycles. The molecule has 1 aromatic heterocycles. The monoisotopic (exact) mass is 538 g/mol. The van der Waals surface area contributed by atoms with Crippen molar-refractivity contribution in [3.8, 4) is 0 Å². The van der Waals surface area contributed by atoms with Gasteiger partial charge in [-0.3, -0.25) is 9.80 Å². The Hall–Kier alpha value is -2.49. The van der Waals surface area contributed by atoms with Crippen molar-refractivity contribution in [2.75, 3.05) is 38.1 Å². The van der Waals surface area contributed by atoms with E-state index in [1.54, 1.807) is 21.7 Å².